The van der Waals surface area contributed by atoms with E-state index >= 15 is 0 Å². The van der Waals surface area contributed by atoms with Gasteiger partial charge in [-0.25, -0.2) is 4.79 Å². The van der Waals surface area contributed by atoms with E-state index in [-0.39, 0.29) is 12.3 Å². The molecule has 0 aromatic heterocycles. The van der Waals surface area contributed by atoms with Crippen LogP contribution in [0.15, 0.2) is 54.4 Å². The Bertz CT molecular complexity index is 537. The fourth-order valence-electron chi connectivity index (χ4n) is 1.44. The third-order valence-corrected chi connectivity index (χ3v) is 2.36. The number of hydrazine groups is 1. The number of nitrogens with zero attached hydrogens (tertiary/aromatic N) is 1. The first-order valence-electron chi connectivity index (χ1n) is 5.53. The quantitative estimate of drug-likeness (QED) is 0.843. The molecule has 1 N–H and O–H groups in total. The van der Waals surface area contributed by atoms with E-state index in [0.717, 1.165) is 10.6 Å². The van der Waals surface area contributed by atoms with Crippen LogP contribution in [-0.2, 0) is 16.1 Å². The van der Waals surface area contributed by atoms with Crippen molar-refractivity contribution in [3.8, 4) is 0 Å². The average molecular weight is 259 g/mol. The van der Waals surface area contributed by atoms with Crippen LogP contribution in [0.2, 0.25) is 0 Å². The number of carboxylic acids is 1. The topological polar surface area (TPSA) is 81.7 Å². The number of allylic oxidation sites excluding steroid dienone is 2. The van der Waals surface area contributed by atoms with E-state index in [2.05, 4.69) is 5.43 Å². The molecule has 1 aromatic carbocycles. The highest BCUT2D eigenvalue weighted by Gasteiger charge is 2.16. The number of amides is 1. The lowest BCUT2D eigenvalue weighted by molar-refractivity contribution is -0.300. The molecule has 1 amide bonds. The second kappa shape index (κ2) is 5.72. The number of carbonyl (C=O) groups excluding carboxylic acids is 2. The van der Waals surface area contributed by atoms with Gasteiger partial charge in [-0.15, -0.1) is 0 Å². The van der Waals surface area contributed by atoms with Gasteiger partial charge in [0.25, 0.3) is 0 Å². The number of aliphatic carboxylic acids is 1. The summed E-state index contributed by atoms with van der Waals surface area (Å²) in [6.07, 6.45) is 3.36. The Morgan fingerprint density at radius 1 is 1.26 bits per heavy atom. The van der Waals surface area contributed by atoms with Gasteiger partial charge in [0.1, 0.15) is 6.61 Å². The highest BCUT2D eigenvalue weighted by Crippen LogP contribution is 2.06. The normalized spacial score (nSPS) is 13.5. The summed E-state index contributed by atoms with van der Waals surface area (Å²) in [4.78, 5) is 22.3. The van der Waals surface area contributed by atoms with E-state index in [1.54, 1.807) is 0 Å². The van der Waals surface area contributed by atoms with Crippen LogP contribution in [0.4, 0.5) is 4.79 Å². The van der Waals surface area contributed by atoms with Crippen molar-refractivity contribution in [2.24, 2.45) is 0 Å². The molecule has 0 bridgehead atoms. The number of hydrogen-bond donors (Lipinski definition) is 1. The standard InChI is InChI=1S/C13H12N2O4/c16-12(17)11-7-4-8-15(14-11)13(18)19-9-10-5-2-1-3-6-10/h1-8,14H,9H2,(H,16,17)/p-1. The Balaban J connectivity index is 1.90. The molecule has 2 rings (SSSR count). The molecule has 6 nitrogen and oxygen atoms in total. The lowest BCUT2D eigenvalue weighted by Crippen LogP contribution is -2.44. The van der Waals surface area contributed by atoms with Gasteiger partial charge >= 0.3 is 6.09 Å². The lowest BCUT2D eigenvalue weighted by Gasteiger charge is -2.24. The summed E-state index contributed by atoms with van der Waals surface area (Å²) in [6.45, 7) is 0.107. The van der Waals surface area contributed by atoms with E-state index in [4.69, 9.17) is 4.74 Å². The molecule has 0 aliphatic carbocycles. The van der Waals surface area contributed by atoms with Gasteiger partial charge in [0.15, 0.2) is 0 Å². The number of carbonyl (C=O) groups is 2. The van der Waals surface area contributed by atoms with Crippen LogP contribution in [0.5, 0.6) is 0 Å². The number of benzene rings is 1. The minimum atomic E-state index is -1.40. The van der Waals surface area contributed by atoms with E-state index in [0.29, 0.717) is 0 Å². The number of rotatable bonds is 3. The van der Waals surface area contributed by atoms with Crippen molar-refractivity contribution >= 4 is 12.1 Å². The van der Waals surface area contributed by atoms with Gasteiger partial charge in [0, 0.05) is 6.20 Å². The molecule has 6 heteroatoms. The van der Waals surface area contributed by atoms with Crippen LogP contribution in [-0.4, -0.2) is 17.1 Å². The maximum Gasteiger partial charge on any atom is 0.433 e. The van der Waals surface area contributed by atoms with Crippen molar-refractivity contribution in [2.75, 3.05) is 0 Å². The van der Waals surface area contributed by atoms with Gasteiger partial charge in [0.05, 0.1) is 11.7 Å². The van der Waals surface area contributed by atoms with E-state index in [9.17, 15) is 14.7 Å². The van der Waals surface area contributed by atoms with E-state index in [1.807, 2.05) is 30.3 Å². The largest absolute Gasteiger partial charge is 0.543 e. The minimum Gasteiger partial charge on any atom is -0.543 e. The van der Waals surface area contributed by atoms with Crippen LogP contribution in [0, 0.1) is 0 Å². The third kappa shape index (κ3) is 3.35. The molecular weight excluding hydrogens is 248 g/mol. The van der Waals surface area contributed by atoms with Crippen LogP contribution in [0.3, 0.4) is 0 Å². The maximum absolute atomic E-state index is 11.7. The van der Waals surface area contributed by atoms with Crippen molar-refractivity contribution in [3.05, 3.63) is 59.9 Å². The van der Waals surface area contributed by atoms with Crippen LogP contribution >= 0.6 is 0 Å². The van der Waals surface area contributed by atoms with Crippen molar-refractivity contribution < 1.29 is 19.4 Å². The van der Waals surface area contributed by atoms with E-state index in [1.165, 1.54) is 18.4 Å². The van der Waals surface area contributed by atoms with Crippen molar-refractivity contribution in [1.29, 1.82) is 0 Å². The fourth-order valence-corrected chi connectivity index (χ4v) is 1.44. The molecule has 1 aliphatic heterocycles. The average Bonchev–Trinajstić information content (AvgIpc) is 2.46. The first-order chi connectivity index (χ1) is 9.16. The number of ether oxygens (including phenoxy) is 1. The maximum atomic E-state index is 11.7. The monoisotopic (exact) mass is 259 g/mol. The molecular formula is C13H11N2O4-. The minimum absolute atomic E-state index is 0.107. The molecule has 0 unspecified atom stereocenters. The smallest absolute Gasteiger partial charge is 0.433 e. The summed E-state index contributed by atoms with van der Waals surface area (Å²) >= 11 is 0. The van der Waals surface area contributed by atoms with E-state index < -0.39 is 12.1 Å². The Kier molecular flexibility index (Phi) is 3.82. The first kappa shape index (κ1) is 12.7. The number of hydrogen-bond acceptors (Lipinski definition) is 5. The van der Waals surface area contributed by atoms with Crippen LogP contribution in [0.1, 0.15) is 5.56 Å². The van der Waals surface area contributed by atoms with Gasteiger partial charge in [-0.3, -0.25) is 5.43 Å². The van der Waals surface area contributed by atoms with Gasteiger partial charge in [0.2, 0.25) is 0 Å². The van der Waals surface area contributed by atoms with Gasteiger partial charge in [-0.1, -0.05) is 30.3 Å². The number of nitrogens with one attached hydrogen (secondary N) is 1. The Hall–Kier alpha value is -2.76. The van der Waals surface area contributed by atoms with Crippen molar-refractivity contribution in [2.45, 2.75) is 6.61 Å². The summed E-state index contributed by atoms with van der Waals surface area (Å²) < 4.78 is 5.03. The molecule has 0 saturated carbocycles. The molecule has 0 fully saturated rings. The summed E-state index contributed by atoms with van der Waals surface area (Å²) in [6, 6.07) is 9.16. The third-order valence-electron chi connectivity index (χ3n) is 2.36. The molecule has 1 aromatic rings. The first-order valence-corrected chi connectivity index (χ1v) is 5.53. The summed E-state index contributed by atoms with van der Waals surface area (Å²) in [5.74, 6) is -1.40. The summed E-state index contributed by atoms with van der Waals surface area (Å²) in [7, 11) is 0. The zero-order valence-electron chi connectivity index (χ0n) is 9.91. The van der Waals surface area contributed by atoms with Crippen LogP contribution in [0.25, 0.3) is 0 Å². The highest BCUT2D eigenvalue weighted by molar-refractivity contribution is 5.85. The zero-order chi connectivity index (χ0) is 13.7. The predicted octanol–water partition coefficient (Wildman–Crippen LogP) is 0.291. The molecule has 1 aliphatic rings. The second-order valence-corrected chi connectivity index (χ2v) is 3.73. The Morgan fingerprint density at radius 3 is 2.68 bits per heavy atom. The molecule has 0 atom stereocenters. The molecule has 0 saturated heterocycles. The molecule has 0 radical (unpaired) electrons. The highest BCUT2D eigenvalue weighted by atomic mass is 16.6. The van der Waals surface area contributed by atoms with Crippen molar-refractivity contribution in [1.82, 2.24) is 10.4 Å². The fraction of sp³-hybridized carbons (Fsp3) is 0.0769. The summed E-state index contributed by atoms with van der Waals surface area (Å²) in [5.41, 5.74) is 2.99. The predicted molar refractivity (Wildman–Crippen MR) is 63.8 cm³/mol. The second-order valence-electron chi connectivity index (χ2n) is 3.73. The van der Waals surface area contributed by atoms with Gasteiger partial charge in [-0.2, -0.15) is 5.01 Å². The van der Waals surface area contributed by atoms with Gasteiger partial charge in [-0.05, 0) is 17.7 Å². The molecule has 98 valence electrons. The Morgan fingerprint density at radius 2 is 2.00 bits per heavy atom. The van der Waals surface area contributed by atoms with Gasteiger partial charge < -0.3 is 14.6 Å². The zero-order valence-corrected chi connectivity index (χ0v) is 9.91. The Labute approximate surface area is 109 Å². The number of carboxylic acid groups (broad SMARTS) is 1. The molecule has 1 heterocycles. The molecule has 19 heavy (non-hydrogen) atoms. The SMILES string of the molecule is O=C([O-])C1=CC=CN(C(=O)OCc2ccccc2)N1. The lowest BCUT2D eigenvalue weighted by atomic mass is 10.2. The van der Waals surface area contributed by atoms with Crippen molar-refractivity contribution in [3.63, 3.8) is 0 Å². The van der Waals surface area contributed by atoms with Crippen LogP contribution < -0.4 is 10.5 Å². The molecule has 0 spiro atoms. The summed E-state index contributed by atoms with van der Waals surface area (Å²) in [5, 5.41) is 11.6.